The first-order valence-electron chi connectivity index (χ1n) is 9.23. The molecule has 2 saturated heterocycles. The smallest absolute Gasteiger partial charge is 0.250 e. The second-order valence-electron chi connectivity index (χ2n) is 6.76. The second-order valence-corrected chi connectivity index (χ2v) is 6.76. The molecule has 1 aromatic carbocycles. The van der Waals surface area contributed by atoms with E-state index in [0.29, 0.717) is 19.8 Å². The van der Waals surface area contributed by atoms with E-state index >= 15 is 0 Å². The Bertz CT molecular complexity index is 609. The predicted octanol–water partition coefficient (Wildman–Crippen LogP) is 1.28. The van der Waals surface area contributed by atoms with E-state index in [9.17, 15) is 9.59 Å². The summed E-state index contributed by atoms with van der Waals surface area (Å²) in [5, 5.41) is 3.35. The first-order chi connectivity index (χ1) is 12.1. The number of anilines is 1. The van der Waals surface area contributed by atoms with Crippen LogP contribution in [0.3, 0.4) is 0 Å². The van der Waals surface area contributed by atoms with Crippen LogP contribution in [0.1, 0.15) is 26.7 Å². The van der Waals surface area contributed by atoms with Crippen molar-refractivity contribution < 1.29 is 9.59 Å². The molecule has 6 nitrogen and oxygen atoms in total. The van der Waals surface area contributed by atoms with Gasteiger partial charge in [0.25, 0.3) is 0 Å². The van der Waals surface area contributed by atoms with E-state index in [1.54, 1.807) is 9.80 Å². The van der Waals surface area contributed by atoms with Crippen LogP contribution in [0.5, 0.6) is 0 Å². The van der Waals surface area contributed by atoms with Gasteiger partial charge in [0, 0.05) is 18.8 Å². The number of nitrogens with zero attached hydrogens (tertiary/aromatic N) is 3. The van der Waals surface area contributed by atoms with Crippen LogP contribution in [0, 0.1) is 0 Å². The van der Waals surface area contributed by atoms with Gasteiger partial charge in [-0.3, -0.25) is 9.59 Å². The summed E-state index contributed by atoms with van der Waals surface area (Å²) >= 11 is 0. The highest BCUT2D eigenvalue weighted by atomic mass is 16.2. The molecule has 2 heterocycles. The molecule has 1 aromatic rings. The van der Waals surface area contributed by atoms with E-state index < -0.39 is 5.54 Å². The van der Waals surface area contributed by atoms with Crippen LogP contribution in [0.2, 0.25) is 0 Å². The number of piperidine rings is 1. The largest absolute Gasteiger partial charge is 0.342 e. The molecule has 0 aromatic heterocycles. The standard InChI is InChI=1S/C19H28N4O2/c1-3-21(4-2)17(24)14-22-15-23(16-8-6-5-7-9-16)19(18(22)25)10-12-20-13-11-19/h5-9,20H,3-4,10-15H2,1-2H3. The molecule has 3 rings (SSSR count). The summed E-state index contributed by atoms with van der Waals surface area (Å²) in [6.07, 6.45) is 1.55. The molecule has 2 aliphatic rings. The van der Waals surface area contributed by atoms with Crippen molar-refractivity contribution in [1.82, 2.24) is 15.1 Å². The molecular formula is C19H28N4O2. The number of hydrogen-bond donors (Lipinski definition) is 1. The lowest BCUT2D eigenvalue weighted by atomic mass is 9.86. The van der Waals surface area contributed by atoms with Crippen molar-refractivity contribution >= 4 is 17.5 Å². The van der Waals surface area contributed by atoms with E-state index in [4.69, 9.17) is 0 Å². The number of nitrogens with one attached hydrogen (secondary N) is 1. The summed E-state index contributed by atoms with van der Waals surface area (Å²) in [6, 6.07) is 10.1. The van der Waals surface area contributed by atoms with E-state index in [-0.39, 0.29) is 18.4 Å². The number of likely N-dealkylation sites (N-methyl/N-ethyl adjacent to an activating group) is 1. The maximum atomic E-state index is 13.3. The van der Waals surface area contributed by atoms with Gasteiger partial charge in [-0.15, -0.1) is 0 Å². The molecule has 25 heavy (non-hydrogen) atoms. The minimum atomic E-state index is -0.518. The first-order valence-corrected chi connectivity index (χ1v) is 9.23. The van der Waals surface area contributed by atoms with E-state index in [1.165, 1.54) is 0 Å². The van der Waals surface area contributed by atoms with Crippen LogP contribution in [-0.2, 0) is 9.59 Å². The van der Waals surface area contributed by atoms with Gasteiger partial charge < -0.3 is 20.0 Å². The molecule has 0 radical (unpaired) electrons. The van der Waals surface area contributed by atoms with Gasteiger partial charge in [0.15, 0.2) is 0 Å². The summed E-state index contributed by atoms with van der Waals surface area (Å²) in [6.45, 7) is 7.59. The lowest BCUT2D eigenvalue weighted by molar-refractivity contribution is -0.140. The molecule has 136 valence electrons. The topological polar surface area (TPSA) is 55.9 Å². The van der Waals surface area contributed by atoms with Crippen LogP contribution in [0.4, 0.5) is 5.69 Å². The lowest BCUT2D eigenvalue weighted by Gasteiger charge is -2.40. The fourth-order valence-corrected chi connectivity index (χ4v) is 4.00. The van der Waals surface area contributed by atoms with Crippen LogP contribution >= 0.6 is 0 Å². The fourth-order valence-electron chi connectivity index (χ4n) is 4.00. The van der Waals surface area contributed by atoms with Crippen LogP contribution in [0.25, 0.3) is 0 Å². The highest BCUT2D eigenvalue weighted by molar-refractivity contribution is 5.96. The van der Waals surface area contributed by atoms with Gasteiger partial charge in [0.05, 0.1) is 6.67 Å². The van der Waals surface area contributed by atoms with Crippen molar-refractivity contribution in [3.05, 3.63) is 30.3 Å². The zero-order chi connectivity index (χ0) is 17.9. The quantitative estimate of drug-likeness (QED) is 0.874. The Kier molecular flexibility index (Phi) is 5.27. The highest BCUT2D eigenvalue weighted by Gasteiger charge is 2.53. The Balaban J connectivity index is 1.86. The van der Waals surface area contributed by atoms with E-state index in [2.05, 4.69) is 10.2 Å². The van der Waals surface area contributed by atoms with E-state index in [1.807, 2.05) is 44.2 Å². The molecule has 2 aliphatic heterocycles. The third-order valence-electron chi connectivity index (χ3n) is 5.45. The second kappa shape index (κ2) is 7.44. The monoisotopic (exact) mass is 344 g/mol. The Morgan fingerprint density at radius 2 is 1.80 bits per heavy atom. The molecule has 2 fully saturated rings. The van der Waals surface area contributed by atoms with Crippen molar-refractivity contribution in [2.45, 2.75) is 32.2 Å². The van der Waals surface area contributed by atoms with Crippen molar-refractivity contribution in [1.29, 1.82) is 0 Å². The molecule has 2 amide bonds. The third-order valence-corrected chi connectivity index (χ3v) is 5.45. The number of hydrogen-bond acceptors (Lipinski definition) is 4. The van der Waals surface area contributed by atoms with Crippen LogP contribution in [0.15, 0.2) is 30.3 Å². The number of benzene rings is 1. The van der Waals surface area contributed by atoms with Gasteiger partial charge in [-0.1, -0.05) is 18.2 Å². The summed E-state index contributed by atoms with van der Waals surface area (Å²) in [4.78, 5) is 31.5. The third kappa shape index (κ3) is 3.23. The van der Waals surface area contributed by atoms with Gasteiger partial charge in [-0.25, -0.2) is 0 Å². The van der Waals surface area contributed by atoms with Crippen molar-refractivity contribution in [2.75, 3.05) is 44.3 Å². The maximum Gasteiger partial charge on any atom is 0.250 e. The van der Waals surface area contributed by atoms with E-state index in [0.717, 1.165) is 31.6 Å². The Hall–Kier alpha value is -2.08. The predicted molar refractivity (Wildman–Crippen MR) is 98.3 cm³/mol. The first kappa shape index (κ1) is 17.7. The number of carbonyl (C=O) groups excluding carboxylic acids is 2. The van der Waals surface area contributed by atoms with Gasteiger partial charge in [0.2, 0.25) is 11.8 Å². The molecule has 0 unspecified atom stereocenters. The van der Waals surface area contributed by atoms with Gasteiger partial charge in [-0.05, 0) is 51.9 Å². The summed E-state index contributed by atoms with van der Waals surface area (Å²) in [5.41, 5.74) is 0.534. The number of carbonyl (C=O) groups is 2. The summed E-state index contributed by atoms with van der Waals surface area (Å²) in [5.74, 6) is 0.121. The van der Waals surface area contributed by atoms with Gasteiger partial charge in [0.1, 0.15) is 12.1 Å². The fraction of sp³-hybridized carbons (Fsp3) is 0.579. The molecule has 0 saturated carbocycles. The van der Waals surface area contributed by atoms with Crippen LogP contribution < -0.4 is 10.2 Å². The molecule has 1 spiro atoms. The minimum Gasteiger partial charge on any atom is -0.342 e. The Morgan fingerprint density at radius 1 is 1.16 bits per heavy atom. The molecule has 0 bridgehead atoms. The molecule has 1 N–H and O–H groups in total. The van der Waals surface area contributed by atoms with Crippen LogP contribution in [-0.4, -0.2) is 66.5 Å². The molecule has 0 aliphatic carbocycles. The average Bonchev–Trinajstić information content (AvgIpc) is 2.90. The minimum absolute atomic E-state index is 0.0253. The SMILES string of the molecule is CCN(CC)C(=O)CN1CN(c2ccccc2)C2(CCNCC2)C1=O. The zero-order valence-electron chi connectivity index (χ0n) is 15.2. The molecule has 0 atom stereocenters. The van der Waals surface area contributed by atoms with Crippen molar-refractivity contribution in [3.8, 4) is 0 Å². The highest BCUT2D eigenvalue weighted by Crippen LogP contribution is 2.37. The normalized spacial score (nSPS) is 19.5. The summed E-state index contributed by atoms with van der Waals surface area (Å²) in [7, 11) is 0. The Labute approximate surface area is 149 Å². The van der Waals surface area contributed by atoms with Crippen molar-refractivity contribution in [2.24, 2.45) is 0 Å². The average molecular weight is 344 g/mol. The maximum absolute atomic E-state index is 13.3. The molecule has 6 heteroatoms. The molecular weight excluding hydrogens is 316 g/mol. The number of amides is 2. The summed E-state index contributed by atoms with van der Waals surface area (Å²) < 4.78 is 0. The van der Waals surface area contributed by atoms with Gasteiger partial charge in [-0.2, -0.15) is 0 Å². The lowest BCUT2D eigenvalue weighted by Crippen LogP contribution is -2.56. The Morgan fingerprint density at radius 3 is 2.40 bits per heavy atom. The zero-order valence-corrected chi connectivity index (χ0v) is 15.2. The van der Waals surface area contributed by atoms with Gasteiger partial charge >= 0.3 is 0 Å². The number of rotatable bonds is 5. The van der Waals surface area contributed by atoms with Crippen molar-refractivity contribution in [3.63, 3.8) is 0 Å². The number of para-hydroxylation sites is 1.